The smallest absolute Gasteiger partial charge is 0.478 e. The Morgan fingerprint density at radius 1 is 1.46 bits per heavy atom. The van der Waals surface area contributed by atoms with Crippen LogP contribution in [0.3, 0.4) is 0 Å². The molecule has 0 spiro atoms. The number of hydrogen-bond acceptors (Lipinski definition) is 2. The molecule has 1 aromatic rings. The summed E-state index contributed by atoms with van der Waals surface area (Å²) in [7, 11) is -4.58. The second-order valence-corrected chi connectivity index (χ2v) is 3.80. The van der Waals surface area contributed by atoms with Gasteiger partial charge in [-0.05, 0) is 12.5 Å². The van der Waals surface area contributed by atoms with Crippen molar-refractivity contribution in [2.75, 3.05) is 0 Å². The molecule has 6 heteroatoms. The van der Waals surface area contributed by atoms with Gasteiger partial charge in [0.05, 0.1) is 0 Å². The molecule has 0 aliphatic heterocycles. The molecule has 0 radical (unpaired) electrons. The van der Waals surface area contributed by atoms with E-state index in [-0.39, 0.29) is 9.79 Å². The zero-order chi connectivity index (χ0) is 10.1. The average molecular weight is 200 g/mol. The van der Waals surface area contributed by atoms with E-state index in [0.29, 0.717) is 0 Å². The van der Waals surface area contributed by atoms with Crippen LogP contribution >= 0.6 is 0 Å². The molecule has 13 heavy (non-hydrogen) atoms. The van der Waals surface area contributed by atoms with Crippen LogP contribution in [0.15, 0.2) is 24.3 Å². The molecular weight excluding hydrogens is 192 g/mol. The number of nitrogens with zero attached hydrogens (tertiary/aromatic N) is 2. The quantitative estimate of drug-likeness (QED) is 0.446. The fourth-order valence-corrected chi connectivity index (χ4v) is 1.26. The second kappa shape index (κ2) is 3.23. The third kappa shape index (κ3) is 2.33. The first-order chi connectivity index (χ1) is 5.91. The Labute approximate surface area is 76.0 Å². The van der Waals surface area contributed by atoms with E-state index in [0.717, 1.165) is 5.56 Å². The minimum atomic E-state index is -4.58. The molecular formula is C7H8N2O3S. The molecule has 0 unspecified atom stereocenters. The Morgan fingerprint density at radius 2 is 2.08 bits per heavy atom. The van der Waals surface area contributed by atoms with Crippen LogP contribution in [-0.2, 0) is 10.3 Å². The topological polar surface area (TPSA) is 79.7 Å². The van der Waals surface area contributed by atoms with Gasteiger partial charge >= 0.3 is 10.3 Å². The summed E-state index contributed by atoms with van der Waals surface area (Å²) in [6.45, 7) is 1.74. The van der Waals surface area contributed by atoms with Gasteiger partial charge in [-0.1, -0.05) is 12.1 Å². The predicted octanol–water partition coefficient (Wildman–Crippen LogP) is 1.46. The highest BCUT2D eigenvalue weighted by molar-refractivity contribution is 7.79. The second-order valence-electron chi connectivity index (χ2n) is 2.56. The summed E-state index contributed by atoms with van der Waals surface area (Å²) in [5, 5.41) is 0. The summed E-state index contributed by atoms with van der Waals surface area (Å²) in [6.07, 6.45) is 0. The summed E-state index contributed by atoms with van der Waals surface area (Å²) in [6, 6.07) is 6.09. The molecule has 0 aromatic heterocycles. The molecule has 0 aliphatic carbocycles. The van der Waals surface area contributed by atoms with Crippen molar-refractivity contribution in [1.82, 2.24) is 0 Å². The van der Waals surface area contributed by atoms with Gasteiger partial charge in [-0.3, -0.25) is 0 Å². The third-order valence-electron chi connectivity index (χ3n) is 1.44. The van der Waals surface area contributed by atoms with Gasteiger partial charge in [0.15, 0.2) is 0 Å². The summed E-state index contributed by atoms with van der Waals surface area (Å²) in [4.78, 5) is 0. The van der Waals surface area contributed by atoms with Gasteiger partial charge in [-0.25, -0.2) is 4.55 Å². The van der Waals surface area contributed by atoms with Gasteiger partial charge in [-0.2, -0.15) is 0 Å². The fourth-order valence-electron chi connectivity index (χ4n) is 0.880. The number of benzene rings is 1. The van der Waals surface area contributed by atoms with Gasteiger partial charge in [-0.15, -0.1) is 12.5 Å². The lowest BCUT2D eigenvalue weighted by molar-refractivity contribution is -0.298. The molecule has 5 nitrogen and oxygen atoms in total. The Balaban J connectivity index is 3.18. The van der Waals surface area contributed by atoms with Crippen molar-refractivity contribution in [2.45, 2.75) is 6.92 Å². The minimum Gasteiger partial charge on any atom is -0.478 e. The van der Waals surface area contributed by atoms with E-state index in [4.69, 9.17) is 10.1 Å². The van der Waals surface area contributed by atoms with Crippen LogP contribution in [0.25, 0.3) is 5.53 Å². The lowest BCUT2D eigenvalue weighted by atomic mass is 10.2. The van der Waals surface area contributed by atoms with Crippen molar-refractivity contribution >= 4 is 16.0 Å². The van der Waals surface area contributed by atoms with Crippen LogP contribution < -0.4 is 0 Å². The van der Waals surface area contributed by atoms with Crippen LogP contribution in [0, 0.1) is 6.92 Å². The number of aryl methyl sites for hydroxylation is 1. The van der Waals surface area contributed by atoms with Crippen molar-refractivity contribution in [3.8, 4) is 0 Å². The molecule has 0 saturated heterocycles. The molecule has 0 atom stereocenters. The van der Waals surface area contributed by atoms with E-state index in [1.54, 1.807) is 19.1 Å². The summed E-state index contributed by atoms with van der Waals surface area (Å²) in [5.41, 5.74) is 9.76. The molecule has 1 N–H and O–H groups in total. The molecule has 0 fully saturated rings. The maximum atomic E-state index is 10.5. The molecule has 1 rings (SSSR count). The Bertz CT molecular complexity index is 439. The van der Waals surface area contributed by atoms with Crippen molar-refractivity contribution in [2.24, 2.45) is 0 Å². The lowest BCUT2D eigenvalue weighted by Gasteiger charge is -2.00. The normalized spacial score (nSPS) is 11.2. The van der Waals surface area contributed by atoms with E-state index in [9.17, 15) is 8.42 Å². The Hall–Kier alpha value is -1.27. The predicted molar refractivity (Wildman–Crippen MR) is 46.0 cm³/mol. The SMILES string of the molecule is Cc1cccc([N+](=[N-])S(=O)(=O)O)c1. The van der Waals surface area contributed by atoms with Crippen molar-refractivity contribution in [1.29, 1.82) is 0 Å². The molecule has 0 heterocycles. The lowest BCUT2D eigenvalue weighted by Crippen LogP contribution is -2.11. The highest BCUT2D eigenvalue weighted by atomic mass is 32.2. The zero-order valence-electron chi connectivity index (χ0n) is 6.88. The summed E-state index contributed by atoms with van der Waals surface area (Å²) >= 11 is 0. The van der Waals surface area contributed by atoms with Gasteiger partial charge in [0.2, 0.25) is 5.69 Å². The largest absolute Gasteiger partial charge is 0.501 e. The molecule has 1 aromatic carbocycles. The first-order valence-corrected chi connectivity index (χ1v) is 4.84. The molecule has 0 saturated carbocycles. The van der Waals surface area contributed by atoms with Crippen LogP contribution in [0.1, 0.15) is 5.56 Å². The number of rotatable bonds is 2. The third-order valence-corrected chi connectivity index (χ3v) is 2.09. The summed E-state index contributed by atoms with van der Waals surface area (Å²) in [5.74, 6) is 0. The summed E-state index contributed by atoms with van der Waals surface area (Å²) < 4.78 is 29.2. The van der Waals surface area contributed by atoms with Crippen LogP contribution in [0.2, 0.25) is 0 Å². The van der Waals surface area contributed by atoms with Crippen molar-refractivity contribution in [3.63, 3.8) is 0 Å². The van der Waals surface area contributed by atoms with Crippen LogP contribution in [0.4, 0.5) is 5.69 Å². The van der Waals surface area contributed by atoms with Crippen LogP contribution in [-0.4, -0.2) is 17.1 Å². The Morgan fingerprint density at radius 3 is 2.54 bits per heavy atom. The van der Waals surface area contributed by atoms with E-state index in [1.807, 2.05) is 0 Å². The highest BCUT2D eigenvalue weighted by Crippen LogP contribution is 2.15. The first kappa shape index (κ1) is 9.82. The standard InChI is InChI=1S/C7H8N2O3S/c1-6-3-2-4-7(5-6)9(8)13(10,11)12/h2-5H,1H3,(H,10,11,12). The maximum absolute atomic E-state index is 10.5. The van der Waals surface area contributed by atoms with Gasteiger partial charge < -0.3 is 5.53 Å². The zero-order valence-corrected chi connectivity index (χ0v) is 7.69. The molecule has 70 valence electrons. The van der Waals surface area contributed by atoms with E-state index in [1.165, 1.54) is 12.1 Å². The fraction of sp³-hybridized carbons (Fsp3) is 0.143. The van der Waals surface area contributed by atoms with Gasteiger partial charge in [0.25, 0.3) is 0 Å². The van der Waals surface area contributed by atoms with E-state index < -0.39 is 10.3 Å². The Kier molecular flexibility index (Phi) is 2.44. The number of hydrogen-bond donors (Lipinski definition) is 1. The average Bonchev–Trinajstić information content (AvgIpc) is 2.01. The molecule has 0 bridgehead atoms. The van der Waals surface area contributed by atoms with Crippen molar-refractivity contribution in [3.05, 3.63) is 35.4 Å². The van der Waals surface area contributed by atoms with E-state index in [2.05, 4.69) is 0 Å². The van der Waals surface area contributed by atoms with Crippen molar-refractivity contribution < 1.29 is 17.1 Å². The maximum Gasteiger partial charge on any atom is 0.501 e. The molecule has 0 aliphatic rings. The monoisotopic (exact) mass is 200 g/mol. The minimum absolute atomic E-state index is 0.00231. The van der Waals surface area contributed by atoms with E-state index >= 15 is 0 Å². The van der Waals surface area contributed by atoms with Crippen LogP contribution in [0.5, 0.6) is 0 Å². The highest BCUT2D eigenvalue weighted by Gasteiger charge is 2.17. The van der Waals surface area contributed by atoms with Gasteiger partial charge in [0, 0.05) is 12.1 Å². The van der Waals surface area contributed by atoms with Gasteiger partial charge in [0.1, 0.15) is 0 Å². The first-order valence-electron chi connectivity index (χ1n) is 3.44. The molecule has 0 amide bonds.